The second kappa shape index (κ2) is 7.03. The largest absolute Gasteiger partial charge is 0.494 e. The zero-order valence-corrected chi connectivity index (χ0v) is 14.7. The summed E-state index contributed by atoms with van der Waals surface area (Å²) in [6.45, 7) is 3.15. The minimum absolute atomic E-state index is 0.0367. The number of hydrogen-bond acceptors (Lipinski definition) is 5. The van der Waals surface area contributed by atoms with E-state index in [9.17, 15) is 4.79 Å². The minimum atomic E-state index is 0.0367. The number of aromatic nitrogens is 1. The van der Waals surface area contributed by atoms with Crippen molar-refractivity contribution in [1.29, 1.82) is 0 Å². The van der Waals surface area contributed by atoms with Gasteiger partial charge in [0.2, 0.25) is 5.91 Å². The molecule has 2 aromatic rings. The van der Waals surface area contributed by atoms with Gasteiger partial charge in [-0.1, -0.05) is 29.9 Å². The van der Waals surface area contributed by atoms with Gasteiger partial charge >= 0.3 is 0 Å². The molecule has 1 aromatic carbocycles. The highest BCUT2D eigenvalue weighted by Crippen LogP contribution is 2.39. The van der Waals surface area contributed by atoms with E-state index in [0.717, 1.165) is 24.1 Å². The highest BCUT2D eigenvalue weighted by molar-refractivity contribution is 7.23. The molecule has 0 saturated carbocycles. The Morgan fingerprint density at radius 1 is 1.57 bits per heavy atom. The van der Waals surface area contributed by atoms with E-state index in [1.807, 2.05) is 6.92 Å². The fourth-order valence-electron chi connectivity index (χ4n) is 2.69. The van der Waals surface area contributed by atoms with Crippen LogP contribution in [0.1, 0.15) is 26.2 Å². The van der Waals surface area contributed by atoms with Crippen molar-refractivity contribution in [1.82, 2.24) is 4.98 Å². The first kappa shape index (κ1) is 16.5. The first-order chi connectivity index (χ1) is 11.1. The molecule has 5 nitrogen and oxygen atoms in total. The van der Waals surface area contributed by atoms with Gasteiger partial charge in [0.15, 0.2) is 5.13 Å². The molecule has 7 heteroatoms. The van der Waals surface area contributed by atoms with Crippen LogP contribution in [0.3, 0.4) is 0 Å². The van der Waals surface area contributed by atoms with Crippen LogP contribution in [0.4, 0.5) is 5.13 Å². The highest BCUT2D eigenvalue weighted by atomic mass is 35.5. The lowest BCUT2D eigenvalue weighted by atomic mass is 10.2. The molecule has 1 aliphatic rings. The molecule has 3 rings (SSSR count). The fourth-order valence-corrected chi connectivity index (χ4v) is 3.97. The van der Waals surface area contributed by atoms with Crippen LogP contribution < -0.4 is 9.64 Å². The first-order valence-electron chi connectivity index (χ1n) is 7.69. The van der Waals surface area contributed by atoms with Crippen LogP contribution in [-0.2, 0) is 9.53 Å². The minimum Gasteiger partial charge on any atom is -0.494 e. The second-order valence-electron chi connectivity index (χ2n) is 5.42. The third kappa shape index (κ3) is 3.29. The van der Waals surface area contributed by atoms with Crippen molar-refractivity contribution in [3.05, 3.63) is 17.2 Å². The number of methoxy groups -OCH3 is 1. The van der Waals surface area contributed by atoms with Crippen molar-refractivity contribution < 1.29 is 14.3 Å². The zero-order valence-electron chi connectivity index (χ0n) is 13.2. The van der Waals surface area contributed by atoms with Crippen molar-refractivity contribution in [2.75, 3.05) is 25.2 Å². The van der Waals surface area contributed by atoms with E-state index >= 15 is 0 Å². The van der Waals surface area contributed by atoms with Gasteiger partial charge in [-0.3, -0.25) is 9.69 Å². The summed E-state index contributed by atoms with van der Waals surface area (Å²) < 4.78 is 11.9. The molecule has 1 unspecified atom stereocenters. The molecule has 1 saturated heterocycles. The molecule has 1 aliphatic heterocycles. The predicted octanol–water partition coefficient (Wildman–Crippen LogP) is 3.88. The topological polar surface area (TPSA) is 51.7 Å². The molecule has 124 valence electrons. The number of nitrogens with zero attached hydrogens (tertiary/aromatic N) is 2. The number of carbonyl (C=O) groups excluding carboxylic acids is 1. The van der Waals surface area contributed by atoms with Gasteiger partial charge in [-0.25, -0.2) is 4.98 Å². The Kier molecular flexibility index (Phi) is 5.04. The third-order valence-corrected chi connectivity index (χ3v) is 5.45. The lowest BCUT2D eigenvalue weighted by molar-refractivity contribution is -0.118. The number of halogens is 1. The second-order valence-corrected chi connectivity index (χ2v) is 6.80. The maximum atomic E-state index is 12.4. The molecular weight excluding hydrogens is 336 g/mol. The Bertz CT molecular complexity index is 713. The van der Waals surface area contributed by atoms with Gasteiger partial charge in [-0.2, -0.15) is 0 Å². The summed E-state index contributed by atoms with van der Waals surface area (Å²) in [5, 5.41) is 1.26. The molecule has 0 radical (unpaired) electrons. The number of hydrogen-bond donors (Lipinski definition) is 0. The van der Waals surface area contributed by atoms with Crippen LogP contribution in [0.2, 0.25) is 5.02 Å². The third-order valence-electron chi connectivity index (χ3n) is 3.91. The molecule has 2 heterocycles. The molecule has 0 bridgehead atoms. The maximum Gasteiger partial charge on any atom is 0.228 e. The Morgan fingerprint density at radius 2 is 2.39 bits per heavy atom. The molecule has 23 heavy (non-hydrogen) atoms. The maximum absolute atomic E-state index is 12.4. The average molecular weight is 355 g/mol. The van der Waals surface area contributed by atoms with E-state index in [2.05, 4.69) is 4.98 Å². The number of ether oxygens (including phenoxy) is 2. The van der Waals surface area contributed by atoms with Gasteiger partial charge in [-0.15, -0.1) is 0 Å². The van der Waals surface area contributed by atoms with Crippen LogP contribution in [0, 0.1) is 0 Å². The van der Waals surface area contributed by atoms with Gasteiger partial charge in [0.25, 0.3) is 0 Å². The van der Waals surface area contributed by atoms with Crippen LogP contribution in [0.5, 0.6) is 5.75 Å². The molecule has 1 aromatic heterocycles. The van der Waals surface area contributed by atoms with Crippen molar-refractivity contribution in [2.24, 2.45) is 0 Å². The number of amides is 1. The average Bonchev–Trinajstić information content (AvgIpc) is 3.22. The molecule has 1 fully saturated rings. The summed E-state index contributed by atoms with van der Waals surface area (Å²) in [6.07, 6.45) is 2.52. The highest BCUT2D eigenvalue weighted by Gasteiger charge is 2.26. The standard InChI is InChI=1S/C16H19ClN2O3S/c1-3-13(20)19(9-10-5-4-8-22-10)16-18-14-12(21-2)7-6-11(17)15(14)23-16/h6-7,10H,3-5,8-9H2,1-2H3. The summed E-state index contributed by atoms with van der Waals surface area (Å²) in [6, 6.07) is 3.58. The van der Waals surface area contributed by atoms with Crippen LogP contribution in [-0.4, -0.2) is 37.3 Å². The Balaban J connectivity index is 1.99. The number of rotatable bonds is 5. The monoisotopic (exact) mass is 354 g/mol. The number of carbonyl (C=O) groups is 1. The van der Waals surface area contributed by atoms with Gasteiger partial charge < -0.3 is 9.47 Å². The van der Waals surface area contributed by atoms with Crippen molar-refractivity contribution in [2.45, 2.75) is 32.3 Å². The molecular formula is C16H19ClN2O3S. The SMILES string of the molecule is CCC(=O)N(CC1CCCO1)c1nc2c(OC)ccc(Cl)c2s1. The van der Waals surface area contributed by atoms with Crippen molar-refractivity contribution in [3.63, 3.8) is 0 Å². The van der Waals surface area contributed by atoms with Crippen LogP contribution in [0.15, 0.2) is 12.1 Å². The summed E-state index contributed by atoms with van der Waals surface area (Å²) in [4.78, 5) is 18.7. The van der Waals surface area contributed by atoms with Gasteiger partial charge in [0.05, 0.1) is 29.5 Å². The summed E-state index contributed by atoms with van der Waals surface area (Å²) in [5.41, 5.74) is 0.696. The van der Waals surface area contributed by atoms with E-state index in [4.69, 9.17) is 21.1 Å². The molecule has 0 N–H and O–H groups in total. The fraction of sp³-hybridized carbons (Fsp3) is 0.500. The van der Waals surface area contributed by atoms with Crippen molar-refractivity contribution >= 4 is 44.2 Å². The lowest BCUT2D eigenvalue weighted by Gasteiger charge is -2.22. The van der Waals surface area contributed by atoms with Crippen LogP contribution >= 0.6 is 22.9 Å². The van der Waals surface area contributed by atoms with E-state index in [-0.39, 0.29) is 12.0 Å². The summed E-state index contributed by atoms with van der Waals surface area (Å²) >= 11 is 7.69. The van der Waals surface area contributed by atoms with E-state index in [0.29, 0.717) is 34.4 Å². The zero-order chi connectivity index (χ0) is 16.4. The van der Waals surface area contributed by atoms with Crippen molar-refractivity contribution in [3.8, 4) is 5.75 Å². The van der Waals surface area contributed by atoms with Gasteiger partial charge in [0, 0.05) is 13.0 Å². The lowest BCUT2D eigenvalue weighted by Crippen LogP contribution is -2.37. The molecule has 1 atom stereocenters. The van der Waals surface area contributed by atoms with E-state index in [1.54, 1.807) is 24.1 Å². The number of benzene rings is 1. The summed E-state index contributed by atoms with van der Waals surface area (Å²) in [7, 11) is 1.60. The normalized spacial score (nSPS) is 17.6. The van der Waals surface area contributed by atoms with Crippen LogP contribution in [0.25, 0.3) is 10.2 Å². The quantitative estimate of drug-likeness (QED) is 0.817. The number of fused-ring (bicyclic) bond motifs is 1. The Hall–Kier alpha value is -1.37. The molecule has 0 aliphatic carbocycles. The molecule has 1 amide bonds. The Morgan fingerprint density at radius 3 is 3.04 bits per heavy atom. The van der Waals surface area contributed by atoms with E-state index in [1.165, 1.54) is 11.3 Å². The number of anilines is 1. The number of thiazole rings is 1. The Labute approximate surface area is 144 Å². The predicted molar refractivity (Wildman–Crippen MR) is 92.8 cm³/mol. The first-order valence-corrected chi connectivity index (χ1v) is 8.88. The summed E-state index contributed by atoms with van der Waals surface area (Å²) in [5.74, 6) is 0.697. The van der Waals surface area contributed by atoms with Gasteiger partial charge in [0.1, 0.15) is 11.3 Å². The van der Waals surface area contributed by atoms with Gasteiger partial charge in [-0.05, 0) is 25.0 Å². The smallest absolute Gasteiger partial charge is 0.228 e. The molecule has 0 spiro atoms. The van der Waals surface area contributed by atoms with E-state index < -0.39 is 0 Å².